The van der Waals surface area contributed by atoms with Crippen LogP contribution in [0.2, 0.25) is 5.02 Å². The number of oxazole rings is 1. The van der Waals surface area contributed by atoms with Gasteiger partial charge in [0.25, 0.3) is 0 Å². The molecule has 0 amide bonds. The van der Waals surface area contributed by atoms with E-state index in [4.69, 9.17) is 31.2 Å². The fraction of sp³-hybridized carbons (Fsp3) is 0.364. The van der Waals surface area contributed by atoms with Crippen LogP contribution in [0.1, 0.15) is 12.0 Å². The number of rotatable bonds is 1. The average Bonchev–Trinajstić information content (AvgIpc) is 2.74. The van der Waals surface area contributed by atoms with Crippen LogP contribution in [0.3, 0.4) is 0 Å². The minimum Gasteiger partial charge on any atom is -0.438 e. The summed E-state index contributed by atoms with van der Waals surface area (Å²) < 4.78 is 16.4. The van der Waals surface area contributed by atoms with Gasteiger partial charge in [-0.2, -0.15) is 0 Å². The molecule has 90 valence electrons. The van der Waals surface area contributed by atoms with Crippen LogP contribution in [-0.4, -0.2) is 24.8 Å². The van der Waals surface area contributed by atoms with Crippen LogP contribution in [0.25, 0.3) is 11.1 Å². The van der Waals surface area contributed by atoms with E-state index in [9.17, 15) is 0 Å². The Morgan fingerprint density at radius 2 is 2.24 bits per heavy atom. The van der Waals surface area contributed by atoms with Crippen LogP contribution in [0, 0.1) is 0 Å². The molecule has 1 fully saturated rings. The van der Waals surface area contributed by atoms with Gasteiger partial charge in [0.2, 0.25) is 5.89 Å². The summed E-state index contributed by atoms with van der Waals surface area (Å²) in [5.74, 6) is 0.501. The second kappa shape index (κ2) is 4.18. The molecule has 3 rings (SSSR count). The van der Waals surface area contributed by atoms with Crippen molar-refractivity contribution in [2.24, 2.45) is 0 Å². The van der Waals surface area contributed by atoms with Crippen molar-refractivity contribution in [1.82, 2.24) is 4.98 Å². The molecule has 1 aromatic carbocycles. The van der Waals surface area contributed by atoms with Crippen molar-refractivity contribution in [2.75, 3.05) is 25.6 Å². The van der Waals surface area contributed by atoms with Gasteiger partial charge in [0.1, 0.15) is 5.52 Å². The number of halogens is 1. The maximum atomic E-state index is 5.92. The number of aromatic nitrogens is 1. The van der Waals surface area contributed by atoms with Crippen LogP contribution < -0.4 is 5.73 Å². The lowest BCUT2D eigenvalue weighted by Crippen LogP contribution is -2.22. The average molecular weight is 255 g/mol. The molecule has 17 heavy (non-hydrogen) atoms. The van der Waals surface area contributed by atoms with Crippen LogP contribution in [-0.2, 0) is 9.47 Å². The molecule has 0 saturated carbocycles. The summed E-state index contributed by atoms with van der Waals surface area (Å²) in [6.45, 7) is 1.61. The zero-order chi connectivity index (χ0) is 11.8. The number of ether oxygens (including phenoxy) is 2. The number of nitrogens with two attached hydrogens (primary N) is 1. The van der Waals surface area contributed by atoms with Gasteiger partial charge in [-0.1, -0.05) is 11.6 Å². The van der Waals surface area contributed by atoms with E-state index in [2.05, 4.69) is 4.98 Å². The van der Waals surface area contributed by atoms with Crippen LogP contribution in [0.15, 0.2) is 16.5 Å². The molecule has 2 aromatic rings. The van der Waals surface area contributed by atoms with Gasteiger partial charge in [-0.25, -0.2) is 4.98 Å². The Labute approximate surface area is 102 Å². The summed E-state index contributed by atoms with van der Waals surface area (Å²) in [5.41, 5.74) is 7.45. The van der Waals surface area contributed by atoms with E-state index >= 15 is 0 Å². The Hall–Kier alpha value is -1.30. The van der Waals surface area contributed by atoms with Crippen LogP contribution in [0.5, 0.6) is 0 Å². The Morgan fingerprint density at radius 1 is 1.35 bits per heavy atom. The van der Waals surface area contributed by atoms with Gasteiger partial charge in [0.15, 0.2) is 11.7 Å². The lowest BCUT2D eigenvalue weighted by molar-refractivity contribution is -0.0991. The summed E-state index contributed by atoms with van der Waals surface area (Å²) >= 11 is 5.92. The van der Waals surface area contributed by atoms with E-state index in [-0.39, 0.29) is 6.10 Å². The van der Waals surface area contributed by atoms with E-state index in [1.165, 1.54) is 0 Å². The monoisotopic (exact) mass is 254 g/mol. The molecule has 1 aliphatic heterocycles. The van der Waals surface area contributed by atoms with Crippen LogP contribution >= 0.6 is 11.6 Å². The summed E-state index contributed by atoms with van der Waals surface area (Å²) in [6, 6.07) is 3.35. The molecule has 1 aromatic heterocycles. The first-order valence-corrected chi connectivity index (χ1v) is 5.66. The summed E-state index contributed by atoms with van der Waals surface area (Å²) in [7, 11) is 0. The Bertz CT molecular complexity index is 510. The fourth-order valence-electron chi connectivity index (χ4n) is 1.75. The number of anilines is 1. The first-order chi connectivity index (χ1) is 8.24. The topological polar surface area (TPSA) is 70.5 Å². The number of hydrogen-bond donors (Lipinski definition) is 1. The van der Waals surface area contributed by atoms with Gasteiger partial charge in [0.05, 0.1) is 30.5 Å². The van der Waals surface area contributed by atoms with Gasteiger partial charge >= 0.3 is 0 Å². The van der Waals surface area contributed by atoms with Crippen molar-refractivity contribution in [3.8, 4) is 0 Å². The Balaban J connectivity index is 2.00. The molecule has 2 N–H and O–H groups in total. The number of benzene rings is 1. The van der Waals surface area contributed by atoms with E-state index in [1.54, 1.807) is 12.1 Å². The minimum atomic E-state index is -0.254. The quantitative estimate of drug-likeness (QED) is 0.790. The van der Waals surface area contributed by atoms with E-state index in [0.717, 1.165) is 0 Å². The van der Waals surface area contributed by atoms with Crippen molar-refractivity contribution in [1.29, 1.82) is 0 Å². The predicted octanol–water partition coefficient (Wildman–Crippen LogP) is 2.15. The highest BCUT2D eigenvalue weighted by Crippen LogP contribution is 2.29. The highest BCUT2D eigenvalue weighted by Gasteiger charge is 2.22. The maximum absolute atomic E-state index is 5.92. The van der Waals surface area contributed by atoms with Gasteiger partial charge in [-0.05, 0) is 6.07 Å². The predicted molar refractivity (Wildman–Crippen MR) is 62.9 cm³/mol. The molecule has 5 nitrogen and oxygen atoms in total. The second-order valence-electron chi connectivity index (χ2n) is 3.83. The third-order valence-corrected chi connectivity index (χ3v) is 2.94. The second-order valence-corrected chi connectivity index (χ2v) is 4.24. The minimum absolute atomic E-state index is 0.254. The van der Waals surface area contributed by atoms with Gasteiger partial charge in [-0.15, -0.1) is 0 Å². The van der Waals surface area contributed by atoms with Crippen molar-refractivity contribution < 1.29 is 13.9 Å². The van der Waals surface area contributed by atoms with Crippen molar-refractivity contribution in [3.05, 3.63) is 23.0 Å². The molecule has 6 heteroatoms. The number of nitrogen functional groups attached to an aromatic ring is 1. The highest BCUT2D eigenvalue weighted by atomic mass is 35.5. The summed E-state index contributed by atoms with van der Waals surface area (Å²) in [6.07, 6.45) is -0.254. The smallest absolute Gasteiger partial charge is 0.227 e. The third-order valence-electron chi connectivity index (χ3n) is 2.61. The molecular weight excluding hydrogens is 244 g/mol. The molecule has 0 spiro atoms. The number of nitrogens with zero attached hydrogens (tertiary/aromatic N) is 1. The number of fused-ring (bicyclic) bond motifs is 1. The first-order valence-electron chi connectivity index (χ1n) is 5.29. The summed E-state index contributed by atoms with van der Waals surface area (Å²) in [4.78, 5) is 4.33. The molecule has 1 saturated heterocycles. The Morgan fingerprint density at radius 3 is 3.00 bits per heavy atom. The molecule has 1 aliphatic rings. The highest BCUT2D eigenvalue weighted by molar-refractivity contribution is 6.33. The third kappa shape index (κ3) is 1.97. The zero-order valence-corrected chi connectivity index (χ0v) is 9.74. The van der Waals surface area contributed by atoms with Gasteiger partial charge in [-0.3, -0.25) is 0 Å². The Kier molecular flexibility index (Phi) is 2.66. The van der Waals surface area contributed by atoms with E-state index in [0.29, 0.717) is 47.5 Å². The van der Waals surface area contributed by atoms with E-state index < -0.39 is 0 Å². The largest absolute Gasteiger partial charge is 0.438 e. The van der Waals surface area contributed by atoms with Gasteiger partial charge < -0.3 is 19.6 Å². The van der Waals surface area contributed by atoms with Crippen LogP contribution in [0.4, 0.5) is 5.69 Å². The van der Waals surface area contributed by atoms with Crippen molar-refractivity contribution in [3.63, 3.8) is 0 Å². The maximum Gasteiger partial charge on any atom is 0.227 e. The molecule has 0 radical (unpaired) electrons. The summed E-state index contributed by atoms with van der Waals surface area (Å²) in [5, 5.41) is 0.471. The molecule has 2 heterocycles. The molecule has 1 unspecified atom stereocenters. The van der Waals surface area contributed by atoms with Crippen molar-refractivity contribution >= 4 is 28.4 Å². The zero-order valence-electron chi connectivity index (χ0n) is 8.98. The molecule has 0 aliphatic carbocycles. The number of hydrogen-bond acceptors (Lipinski definition) is 5. The lowest BCUT2D eigenvalue weighted by atomic mass is 10.3. The molecule has 1 atom stereocenters. The van der Waals surface area contributed by atoms with E-state index in [1.807, 2.05) is 0 Å². The molecule has 0 bridgehead atoms. The van der Waals surface area contributed by atoms with Crippen molar-refractivity contribution in [2.45, 2.75) is 6.10 Å². The fourth-order valence-corrected chi connectivity index (χ4v) is 1.91. The SMILES string of the molecule is Nc1cc2oc(C3COCCO3)nc2cc1Cl. The van der Waals surface area contributed by atoms with Gasteiger partial charge in [0, 0.05) is 6.07 Å². The molecular formula is C11H11ClN2O3. The standard InChI is InChI=1S/C11H11ClN2O3/c12-6-3-8-9(4-7(6)13)17-11(14-8)10-5-15-1-2-16-10/h3-4,10H,1-2,5,13H2. The normalized spacial score (nSPS) is 20.9. The first kappa shape index (κ1) is 10.8. The lowest BCUT2D eigenvalue weighted by Gasteiger charge is -2.19.